The van der Waals surface area contributed by atoms with E-state index in [4.69, 9.17) is 0 Å². The van der Waals surface area contributed by atoms with Crippen LogP contribution in [-0.4, -0.2) is 26.5 Å². The molecule has 0 fully saturated rings. The maximum absolute atomic E-state index is 10.7. The van der Waals surface area contributed by atoms with Crippen molar-refractivity contribution in [2.24, 2.45) is 4.99 Å². The SMILES string of the molecule is O=CC1(Br)CN=C(c2nccs2)S1. The molecule has 1 unspecified atom stereocenters. The Morgan fingerprint density at radius 2 is 2.54 bits per heavy atom. The molecule has 0 saturated carbocycles. The third kappa shape index (κ3) is 1.84. The summed E-state index contributed by atoms with van der Waals surface area (Å²) >= 11 is 6.28. The summed E-state index contributed by atoms with van der Waals surface area (Å²) in [6, 6.07) is 0. The molecule has 13 heavy (non-hydrogen) atoms. The first-order valence-corrected chi connectivity index (χ1v) is 6.01. The number of nitrogens with zero attached hydrogens (tertiary/aromatic N) is 2. The largest absolute Gasteiger partial charge is 0.301 e. The van der Waals surface area contributed by atoms with Crippen LogP contribution in [0.5, 0.6) is 0 Å². The average molecular weight is 277 g/mol. The van der Waals surface area contributed by atoms with Crippen LogP contribution in [0.3, 0.4) is 0 Å². The second kappa shape index (κ2) is 3.51. The zero-order chi connectivity index (χ0) is 9.31. The van der Waals surface area contributed by atoms with Crippen LogP contribution in [0.4, 0.5) is 0 Å². The van der Waals surface area contributed by atoms with Gasteiger partial charge in [0, 0.05) is 11.6 Å². The first-order valence-electron chi connectivity index (χ1n) is 3.52. The van der Waals surface area contributed by atoms with E-state index in [1.165, 1.54) is 23.1 Å². The predicted molar refractivity (Wildman–Crippen MR) is 58.8 cm³/mol. The van der Waals surface area contributed by atoms with Gasteiger partial charge in [-0.25, -0.2) is 4.98 Å². The summed E-state index contributed by atoms with van der Waals surface area (Å²) in [5.41, 5.74) is 0. The molecule has 0 N–H and O–H groups in total. The van der Waals surface area contributed by atoms with Gasteiger partial charge in [-0.1, -0.05) is 27.7 Å². The Labute approximate surface area is 91.8 Å². The van der Waals surface area contributed by atoms with Crippen LogP contribution in [0.1, 0.15) is 5.01 Å². The summed E-state index contributed by atoms with van der Waals surface area (Å²) in [7, 11) is 0. The second-order valence-corrected chi connectivity index (χ2v) is 6.62. The van der Waals surface area contributed by atoms with Gasteiger partial charge < -0.3 is 4.79 Å². The number of thiazole rings is 1. The highest BCUT2D eigenvalue weighted by Crippen LogP contribution is 2.39. The molecule has 0 saturated heterocycles. The molecule has 0 aliphatic carbocycles. The minimum atomic E-state index is -0.562. The van der Waals surface area contributed by atoms with Gasteiger partial charge in [0.05, 0.1) is 6.54 Å². The fraction of sp³-hybridized carbons (Fsp3) is 0.286. The molecule has 1 aliphatic rings. The number of hydrogen-bond acceptors (Lipinski definition) is 5. The molecule has 0 radical (unpaired) electrons. The normalized spacial score (nSPS) is 27.3. The van der Waals surface area contributed by atoms with E-state index in [1.54, 1.807) is 6.20 Å². The number of carbonyl (C=O) groups excluding carboxylic acids is 1. The molecule has 68 valence electrons. The van der Waals surface area contributed by atoms with Gasteiger partial charge in [-0.3, -0.25) is 4.99 Å². The number of halogens is 1. The summed E-state index contributed by atoms with van der Waals surface area (Å²) in [5, 5.41) is 3.63. The lowest BCUT2D eigenvalue weighted by atomic mass is 10.5. The van der Waals surface area contributed by atoms with E-state index in [0.717, 1.165) is 16.3 Å². The standard InChI is InChI=1S/C7H5BrN2OS2/c8-7(4-11)3-10-6(13-7)5-9-1-2-12-5/h1-2,4H,3H2. The van der Waals surface area contributed by atoms with Gasteiger partial charge in [0.1, 0.15) is 16.3 Å². The van der Waals surface area contributed by atoms with E-state index < -0.39 is 3.66 Å². The van der Waals surface area contributed by atoms with Crippen molar-refractivity contribution in [3.05, 3.63) is 16.6 Å². The molecule has 2 heterocycles. The molecule has 0 aromatic carbocycles. The van der Waals surface area contributed by atoms with Crippen LogP contribution in [0.2, 0.25) is 0 Å². The zero-order valence-electron chi connectivity index (χ0n) is 6.44. The Hall–Kier alpha value is -0.200. The van der Waals surface area contributed by atoms with E-state index in [0.29, 0.717) is 6.54 Å². The second-order valence-electron chi connectivity index (χ2n) is 2.46. The highest BCUT2D eigenvalue weighted by atomic mass is 79.9. The van der Waals surface area contributed by atoms with Gasteiger partial charge in [0.2, 0.25) is 0 Å². The zero-order valence-corrected chi connectivity index (χ0v) is 9.66. The topological polar surface area (TPSA) is 42.3 Å². The lowest BCUT2D eigenvalue weighted by Gasteiger charge is -2.08. The Kier molecular flexibility index (Phi) is 2.53. The van der Waals surface area contributed by atoms with Crippen LogP contribution in [0, 0.1) is 0 Å². The van der Waals surface area contributed by atoms with Crippen molar-refractivity contribution >= 4 is 50.4 Å². The molecule has 6 heteroatoms. The Morgan fingerprint density at radius 3 is 3.08 bits per heavy atom. The van der Waals surface area contributed by atoms with Gasteiger partial charge in [-0.15, -0.1) is 11.3 Å². The molecular weight excluding hydrogens is 272 g/mol. The van der Waals surface area contributed by atoms with Crippen molar-refractivity contribution in [1.82, 2.24) is 4.98 Å². The molecule has 0 spiro atoms. The maximum atomic E-state index is 10.7. The van der Waals surface area contributed by atoms with Gasteiger partial charge in [-0.05, 0) is 0 Å². The number of aliphatic imine (C=N–C) groups is 1. The van der Waals surface area contributed by atoms with Crippen molar-refractivity contribution in [3.8, 4) is 0 Å². The molecule has 0 amide bonds. The van der Waals surface area contributed by atoms with Crippen molar-refractivity contribution in [3.63, 3.8) is 0 Å². The molecule has 0 bridgehead atoms. The van der Waals surface area contributed by atoms with E-state index in [2.05, 4.69) is 25.9 Å². The third-order valence-electron chi connectivity index (χ3n) is 1.50. The number of hydrogen-bond donors (Lipinski definition) is 0. The summed E-state index contributed by atoms with van der Waals surface area (Å²) < 4.78 is -0.562. The van der Waals surface area contributed by atoms with Crippen molar-refractivity contribution in [2.75, 3.05) is 6.54 Å². The van der Waals surface area contributed by atoms with Crippen LogP contribution < -0.4 is 0 Å². The lowest BCUT2D eigenvalue weighted by Crippen LogP contribution is -2.18. The number of alkyl halides is 1. The molecule has 2 rings (SSSR count). The lowest BCUT2D eigenvalue weighted by molar-refractivity contribution is -0.107. The predicted octanol–water partition coefficient (Wildman–Crippen LogP) is 1.93. The van der Waals surface area contributed by atoms with Crippen LogP contribution >= 0.6 is 39.0 Å². The van der Waals surface area contributed by atoms with E-state index >= 15 is 0 Å². The first kappa shape index (κ1) is 9.36. The number of rotatable bonds is 2. The van der Waals surface area contributed by atoms with Crippen LogP contribution in [-0.2, 0) is 4.79 Å². The van der Waals surface area contributed by atoms with Gasteiger partial charge in [-0.2, -0.15) is 0 Å². The van der Waals surface area contributed by atoms with E-state index in [9.17, 15) is 4.79 Å². The van der Waals surface area contributed by atoms with Crippen molar-refractivity contribution < 1.29 is 4.79 Å². The van der Waals surface area contributed by atoms with Gasteiger partial charge >= 0.3 is 0 Å². The highest BCUT2D eigenvalue weighted by molar-refractivity contribution is 9.12. The summed E-state index contributed by atoms with van der Waals surface area (Å²) in [6.45, 7) is 0.482. The van der Waals surface area contributed by atoms with E-state index in [-0.39, 0.29) is 0 Å². The van der Waals surface area contributed by atoms with Gasteiger partial charge in [0.25, 0.3) is 0 Å². The highest BCUT2D eigenvalue weighted by Gasteiger charge is 2.35. The Bertz CT molecular complexity index is 351. The monoisotopic (exact) mass is 276 g/mol. The maximum Gasteiger partial charge on any atom is 0.151 e. The fourth-order valence-electron chi connectivity index (χ4n) is 0.907. The molecule has 1 atom stereocenters. The average Bonchev–Trinajstić information content (AvgIpc) is 2.73. The molecular formula is C7H5BrN2OS2. The number of thioether (sulfide) groups is 1. The summed E-state index contributed by atoms with van der Waals surface area (Å²) in [5.74, 6) is 0. The minimum absolute atomic E-state index is 0.482. The molecule has 3 nitrogen and oxygen atoms in total. The first-order chi connectivity index (χ1) is 6.23. The van der Waals surface area contributed by atoms with Gasteiger partial charge in [0.15, 0.2) is 3.66 Å². The Morgan fingerprint density at radius 1 is 1.69 bits per heavy atom. The van der Waals surface area contributed by atoms with Crippen LogP contribution in [0.25, 0.3) is 0 Å². The summed E-state index contributed by atoms with van der Waals surface area (Å²) in [4.78, 5) is 19.1. The third-order valence-corrected chi connectivity index (χ3v) is 4.41. The minimum Gasteiger partial charge on any atom is -0.301 e. The number of aldehydes is 1. The van der Waals surface area contributed by atoms with Crippen molar-refractivity contribution in [1.29, 1.82) is 0 Å². The number of aromatic nitrogens is 1. The molecule has 1 aliphatic heterocycles. The quantitative estimate of drug-likeness (QED) is 0.612. The smallest absolute Gasteiger partial charge is 0.151 e. The fourth-order valence-corrected chi connectivity index (χ4v) is 3.07. The Balaban J connectivity index is 2.19. The number of carbonyl (C=O) groups is 1. The van der Waals surface area contributed by atoms with Crippen molar-refractivity contribution in [2.45, 2.75) is 3.66 Å². The molecule has 1 aromatic rings. The molecule has 1 aromatic heterocycles. The summed E-state index contributed by atoms with van der Waals surface area (Å²) in [6.07, 6.45) is 2.61. The van der Waals surface area contributed by atoms with Crippen LogP contribution in [0.15, 0.2) is 16.6 Å². The van der Waals surface area contributed by atoms with E-state index in [1.807, 2.05) is 5.38 Å².